The third-order valence-corrected chi connectivity index (χ3v) is 5.62. The summed E-state index contributed by atoms with van der Waals surface area (Å²) in [5.74, 6) is 0.109. The summed E-state index contributed by atoms with van der Waals surface area (Å²) in [6, 6.07) is 5.09. The number of alkyl halides is 3. The van der Waals surface area contributed by atoms with Gasteiger partial charge in [0.2, 0.25) is 5.91 Å². The number of unbranched alkanes of at least 4 members (excludes halogenated alkanes) is 3. The molecule has 3 N–H and O–H groups in total. The topological polar surface area (TPSA) is 81.0 Å². The summed E-state index contributed by atoms with van der Waals surface area (Å²) >= 11 is 0. The van der Waals surface area contributed by atoms with E-state index in [-0.39, 0.29) is 18.4 Å². The lowest BCUT2D eigenvalue weighted by Crippen LogP contribution is -2.34. The molecule has 2 rings (SSSR count). The molecule has 1 amide bonds. The first-order valence-corrected chi connectivity index (χ1v) is 10.7. The first-order chi connectivity index (χ1) is 14.2. The van der Waals surface area contributed by atoms with E-state index in [0.717, 1.165) is 44.2 Å². The summed E-state index contributed by atoms with van der Waals surface area (Å²) in [6.07, 6.45) is -0.263. The Balaban J connectivity index is 1.75. The molecule has 0 bridgehead atoms. The van der Waals surface area contributed by atoms with Gasteiger partial charge >= 0.3 is 6.18 Å². The minimum absolute atomic E-state index is 0.0629. The number of likely N-dealkylation sites (tertiary alicyclic amines) is 1. The van der Waals surface area contributed by atoms with Gasteiger partial charge in [-0.1, -0.05) is 31.0 Å². The molecule has 30 heavy (non-hydrogen) atoms. The predicted molar refractivity (Wildman–Crippen MR) is 106 cm³/mol. The van der Waals surface area contributed by atoms with Crippen molar-refractivity contribution in [2.75, 3.05) is 6.54 Å². The monoisotopic (exact) mass is 431 g/mol. The van der Waals surface area contributed by atoms with Gasteiger partial charge in [-0.25, -0.2) is 0 Å². The molecule has 0 aromatic heterocycles. The van der Waals surface area contributed by atoms with Crippen LogP contribution in [0.2, 0.25) is 0 Å². The molecule has 1 aromatic carbocycles. The smallest absolute Gasteiger partial charge is 0.393 e. The molecule has 8 heteroatoms. The molecule has 0 spiro atoms. The highest BCUT2D eigenvalue weighted by Gasteiger charge is 2.31. The highest BCUT2D eigenvalue weighted by Crippen LogP contribution is 2.30. The van der Waals surface area contributed by atoms with Crippen LogP contribution < -0.4 is 0 Å². The first-order valence-electron chi connectivity index (χ1n) is 10.7. The van der Waals surface area contributed by atoms with Crippen LogP contribution in [0.3, 0.4) is 0 Å². The van der Waals surface area contributed by atoms with E-state index < -0.39 is 24.1 Å². The summed E-state index contributed by atoms with van der Waals surface area (Å²) < 4.78 is 38.5. The predicted octanol–water partition coefficient (Wildman–Crippen LogP) is 3.64. The Morgan fingerprint density at radius 1 is 1.07 bits per heavy atom. The van der Waals surface area contributed by atoms with Crippen molar-refractivity contribution < 1.29 is 33.3 Å². The zero-order valence-electron chi connectivity index (χ0n) is 17.2. The van der Waals surface area contributed by atoms with Gasteiger partial charge in [0.05, 0.1) is 11.7 Å². The number of aliphatic hydroxyl groups excluding tert-OH is 2. The Labute approximate surface area is 175 Å². The van der Waals surface area contributed by atoms with Crippen molar-refractivity contribution in [1.29, 1.82) is 0 Å². The van der Waals surface area contributed by atoms with Gasteiger partial charge in [0.15, 0.2) is 6.29 Å². The maximum Gasteiger partial charge on any atom is 0.416 e. The number of aliphatic hydroxyl groups is 3. The fraction of sp³-hybridized carbons (Fsp3) is 0.682. The molecule has 1 heterocycles. The van der Waals surface area contributed by atoms with Crippen molar-refractivity contribution >= 4 is 5.91 Å². The lowest BCUT2D eigenvalue weighted by atomic mass is 9.99. The quantitative estimate of drug-likeness (QED) is 0.349. The number of nitrogens with zero attached hydrogens (tertiary/aromatic N) is 1. The van der Waals surface area contributed by atoms with Gasteiger partial charge in [0.1, 0.15) is 0 Å². The Morgan fingerprint density at radius 2 is 1.80 bits per heavy atom. The van der Waals surface area contributed by atoms with Crippen LogP contribution in [0.1, 0.15) is 68.9 Å². The molecule has 170 valence electrons. The third kappa shape index (κ3) is 8.24. The second kappa shape index (κ2) is 11.7. The molecule has 1 saturated heterocycles. The lowest BCUT2D eigenvalue weighted by Gasteiger charge is -2.26. The Hall–Kier alpha value is -1.64. The van der Waals surface area contributed by atoms with E-state index in [0.29, 0.717) is 37.8 Å². The molecule has 1 aliphatic heterocycles. The summed E-state index contributed by atoms with van der Waals surface area (Å²) in [5.41, 5.74) is -0.266. The van der Waals surface area contributed by atoms with Crippen LogP contribution in [0, 0.1) is 0 Å². The fourth-order valence-corrected chi connectivity index (χ4v) is 4.00. The summed E-state index contributed by atoms with van der Waals surface area (Å²) in [7, 11) is 0. The molecule has 0 saturated carbocycles. The van der Waals surface area contributed by atoms with Crippen molar-refractivity contribution in [3.05, 3.63) is 35.4 Å². The highest BCUT2D eigenvalue weighted by atomic mass is 19.4. The zero-order chi connectivity index (χ0) is 22.1. The van der Waals surface area contributed by atoms with E-state index in [9.17, 15) is 23.1 Å². The molecule has 1 aromatic rings. The van der Waals surface area contributed by atoms with Gasteiger partial charge in [0, 0.05) is 19.0 Å². The molecule has 0 aliphatic carbocycles. The largest absolute Gasteiger partial charge is 0.416 e. The molecule has 1 aliphatic rings. The van der Waals surface area contributed by atoms with Gasteiger partial charge < -0.3 is 20.2 Å². The van der Waals surface area contributed by atoms with Crippen molar-refractivity contribution in [1.82, 2.24) is 4.90 Å². The van der Waals surface area contributed by atoms with Gasteiger partial charge in [-0.05, 0) is 56.6 Å². The first kappa shape index (κ1) is 24.6. The summed E-state index contributed by atoms with van der Waals surface area (Å²) in [4.78, 5) is 14.0. The third-order valence-electron chi connectivity index (χ3n) is 5.62. The molecule has 0 radical (unpaired) electrons. The number of carbonyl (C=O) groups is 1. The van der Waals surface area contributed by atoms with Gasteiger partial charge in [-0.15, -0.1) is 0 Å². The van der Waals surface area contributed by atoms with Crippen LogP contribution >= 0.6 is 0 Å². The normalized spacial score (nSPS) is 18.4. The minimum Gasteiger partial charge on any atom is -0.393 e. The lowest BCUT2D eigenvalue weighted by molar-refractivity contribution is -0.137. The van der Waals surface area contributed by atoms with E-state index in [1.54, 1.807) is 6.07 Å². The number of rotatable bonds is 12. The highest BCUT2D eigenvalue weighted by molar-refractivity contribution is 5.78. The average Bonchev–Trinajstić information content (AvgIpc) is 3.02. The summed E-state index contributed by atoms with van der Waals surface area (Å²) in [6.45, 7) is 0.648. The zero-order valence-corrected chi connectivity index (χ0v) is 17.2. The number of carbonyl (C=O) groups excluding carboxylic acids is 1. The van der Waals surface area contributed by atoms with Gasteiger partial charge in [-0.3, -0.25) is 4.79 Å². The average molecular weight is 431 g/mol. The standard InChI is InChI=1S/C22H32F3NO4/c23-22(24,25)17-7-5-6-16(14-17)15-19(27)11-9-18-10-12-20(28)26(18)13-4-2-1-3-8-21(29)30/h5-7,14,18-19,21,27,29-30H,1-4,8-13,15H2/t18-,19+/m0/s1. The van der Waals surface area contributed by atoms with E-state index in [2.05, 4.69) is 0 Å². The molecule has 0 unspecified atom stereocenters. The molecule has 2 atom stereocenters. The molecule has 5 nitrogen and oxygen atoms in total. The second-order valence-corrected chi connectivity index (χ2v) is 8.10. The van der Waals surface area contributed by atoms with Crippen LogP contribution in [0.25, 0.3) is 0 Å². The van der Waals surface area contributed by atoms with E-state index in [1.165, 1.54) is 6.07 Å². The Morgan fingerprint density at radius 3 is 2.50 bits per heavy atom. The fourth-order valence-electron chi connectivity index (χ4n) is 4.00. The molecular weight excluding hydrogens is 399 g/mol. The van der Waals surface area contributed by atoms with Crippen LogP contribution in [0.5, 0.6) is 0 Å². The van der Waals surface area contributed by atoms with Crippen LogP contribution in [0.15, 0.2) is 24.3 Å². The van der Waals surface area contributed by atoms with Gasteiger partial charge in [-0.2, -0.15) is 13.2 Å². The maximum absolute atomic E-state index is 12.8. The van der Waals surface area contributed by atoms with E-state index in [1.807, 2.05) is 4.90 Å². The number of benzene rings is 1. The summed E-state index contributed by atoms with van der Waals surface area (Å²) in [5, 5.41) is 28.0. The number of hydrogen-bond acceptors (Lipinski definition) is 4. The molecule has 1 fully saturated rings. The van der Waals surface area contributed by atoms with Crippen LogP contribution in [-0.2, 0) is 17.4 Å². The SMILES string of the molecule is O=C1CC[C@H](CC[C@@H](O)Cc2cccc(C(F)(F)F)c2)N1CCCCCCC(O)O. The minimum atomic E-state index is -4.40. The van der Waals surface area contributed by atoms with Crippen molar-refractivity contribution in [3.63, 3.8) is 0 Å². The van der Waals surface area contributed by atoms with Gasteiger partial charge in [0.25, 0.3) is 0 Å². The van der Waals surface area contributed by atoms with Crippen molar-refractivity contribution in [3.8, 4) is 0 Å². The van der Waals surface area contributed by atoms with E-state index >= 15 is 0 Å². The Kier molecular flexibility index (Phi) is 9.58. The number of halogens is 3. The van der Waals surface area contributed by atoms with Crippen molar-refractivity contribution in [2.24, 2.45) is 0 Å². The maximum atomic E-state index is 12.8. The van der Waals surface area contributed by atoms with E-state index in [4.69, 9.17) is 10.2 Å². The number of hydrogen-bond donors (Lipinski definition) is 3. The molecular formula is C22H32F3NO4. The second-order valence-electron chi connectivity index (χ2n) is 8.10. The van der Waals surface area contributed by atoms with Crippen molar-refractivity contribution in [2.45, 2.75) is 88.8 Å². The number of amides is 1. The Bertz CT molecular complexity index is 666. The van der Waals surface area contributed by atoms with Crippen LogP contribution in [0.4, 0.5) is 13.2 Å². The van der Waals surface area contributed by atoms with Crippen LogP contribution in [-0.4, -0.2) is 51.1 Å².